The molecule has 3 nitrogen and oxygen atoms in total. The molecule has 0 amide bonds. The van der Waals surface area contributed by atoms with Gasteiger partial charge in [-0.05, 0) is 92.1 Å². The molecular weight excluding hydrogens is 392 g/mol. The van der Waals surface area contributed by atoms with Crippen molar-refractivity contribution in [2.75, 3.05) is 0 Å². The van der Waals surface area contributed by atoms with Crippen LogP contribution < -0.4 is 0 Å². The lowest BCUT2D eigenvalue weighted by Crippen LogP contribution is -2.39. The van der Waals surface area contributed by atoms with Crippen molar-refractivity contribution in [3.8, 4) is 11.5 Å². The Hall–Kier alpha value is -1.57. The molecule has 2 atom stereocenters. The maximum absolute atomic E-state index is 9.97. The van der Waals surface area contributed by atoms with Gasteiger partial charge in [0.25, 0.3) is 0 Å². The first-order valence-corrected chi connectivity index (χ1v) is 16.6. The van der Waals surface area contributed by atoms with Crippen molar-refractivity contribution in [1.82, 2.24) is 0 Å². The zero-order valence-corrected chi connectivity index (χ0v) is 20.4. The summed E-state index contributed by atoms with van der Waals surface area (Å²) in [6.07, 6.45) is 5.23. The fourth-order valence-corrected chi connectivity index (χ4v) is 15.3. The van der Waals surface area contributed by atoms with Gasteiger partial charge in [0, 0.05) is 0 Å². The van der Waals surface area contributed by atoms with Gasteiger partial charge >= 0.3 is 0 Å². The van der Waals surface area contributed by atoms with E-state index in [1.807, 2.05) is 36.4 Å². The maximum Gasteiger partial charge on any atom is 0.182 e. The van der Waals surface area contributed by atoms with Gasteiger partial charge < -0.3 is 14.3 Å². The van der Waals surface area contributed by atoms with Gasteiger partial charge in [-0.1, -0.05) is 43.3 Å². The maximum atomic E-state index is 9.97. The highest BCUT2D eigenvalue weighted by Gasteiger charge is 2.65. The SMILES string of the molecule is CC1(CCCc2ccccc2O)C[Si]1(C)O[Si](C)(C)CCCc1ccccc1O. The molecule has 2 unspecified atom stereocenters. The fourth-order valence-electron chi connectivity index (χ4n) is 4.69. The molecule has 1 aliphatic heterocycles. The van der Waals surface area contributed by atoms with Crippen molar-refractivity contribution in [2.45, 2.75) is 75.8 Å². The smallest absolute Gasteiger partial charge is 0.182 e. The Morgan fingerprint density at radius 2 is 1.45 bits per heavy atom. The fraction of sp³-hybridized carbons (Fsp3) is 0.500. The van der Waals surface area contributed by atoms with E-state index in [-0.39, 0.29) is 0 Å². The minimum atomic E-state index is -1.71. The van der Waals surface area contributed by atoms with Crippen LogP contribution in [0.25, 0.3) is 0 Å². The molecule has 158 valence electrons. The molecule has 0 saturated carbocycles. The summed E-state index contributed by atoms with van der Waals surface area (Å²) in [5.41, 5.74) is 2.10. The summed E-state index contributed by atoms with van der Waals surface area (Å²) in [5, 5.41) is 20.3. The molecule has 5 heteroatoms. The quantitative estimate of drug-likeness (QED) is 0.418. The second-order valence-electron chi connectivity index (χ2n) is 9.79. The van der Waals surface area contributed by atoms with Crippen molar-refractivity contribution in [3.63, 3.8) is 0 Å². The van der Waals surface area contributed by atoms with Gasteiger partial charge in [-0.3, -0.25) is 0 Å². The molecule has 0 radical (unpaired) electrons. The molecule has 1 heterocycles. The third kappa shape index (κ3) is 5.53. The largest absolute Gasteiger partial charge is 0.508 e. The third-order valence-corrected chi connectivity index (χ3v) is 16.3. The molecule has 1 fully saturated rings. The summed E-state index contributed by atoms with van der Waals surface area (Å²) in [7, 11) is -3.35. The minimum absolute atomic E-state index is 0.374. The highest BCUT2D eigenvalue weighted by Crippen LogP contribution is 2.66. The number of phenolic OH excluding ortho intramolecular Hbond substituents is 2. The number of hydrogen-bond donors (Lipinski definition) is 2. The Morgan fingerprint density at radius 1 is 0.931 bits per heavy atom. The Kier molecular flexibility index (Phi) is 6.61. The van der Waals surface area contributed by atoms with Crippen LogP contribution in [0.4, 0.5) is 0 Å². The number of phenols is 2. The van der Waals surface area contributed by atoms with Gasteiger partial charge in [0.05, 0.1) is 0 Å². The molecule has 2 aromatic carbocycles. The topological polar surface area (TPSA) is 49.7 Å². The number of para-hydroxylation sites is 2. The van der Waals surface area contributed by atoms with E-state index in [4.69, 9.17) is 4.12 Å². The summed E-state index contributed by atoms with van der Waals surface area (Å²) in [6, 6.07) is 17.7. The number of hydrogen-bond acceptors (Lipinski definition) is 3. The molecule has 0 spiro atoms. The van der Waals surface area contributed by atoms with Crippen LogP contribution in [0.2, 0.25) is 36.8 Å². The highest BCUT2D eigenvalue weighted by molar-refractivity contribution is 6.94. The van der Waals surface area contributed by atoms with Crippen molar-refractivity contribution in [1.29, 1.82) is 0 Å². The van der Waals surface area contributed by atoms with Crippen molar-refractivity contribution < 1.29 is 14.3 Å². The Labute approximate surface area is 178 Å². The Morgan fingerprint density at radius 3 is 2.00 bits per heavy atom. The van der Waals surface area contributed by atoms with E-state index in [0.717, 1.165) is 42.9 Å². The summed E-state index contributed by atoms with van der Waals surface area (Å²) < 4.78 is 6.91. The van der Waals surface area contributed by atoms with E-state index in [2.05, 4.69) is 26.6 Å². The van der Waals surface area contributed by atoms with Crippen LogP contribution in [0.3, 0.4) is 0 Å². The van der Waals surface area contributed by atoms with E-state index in [9.17, 15) is 10.2 Å². The van der Waals surface area contributed by atoms with Crippen molar-refractivity contribution in [2.24, 2.45) is 0 Å². The lowest BCUT2D eigenvalue weighted by atomic mass is 10.0. The number of rotatable bonds is 10. The zero-order chi connectivity index (χ0) is 21.1. The van der Waals surface area contributed by atoms with Crippen LogP contribution in [-0.4, -0.2) is 26.8 Å². The van der Waals surface area contributed by atoms with E-state index in [1.165, 1.54) is 12.5 Å². The number of aryl methyl sites for hydroxylation is 2. The molecule has 1 saturated heterocycles. The first-order valence-electron chi connectivity index (χ1n) is 10.9. The molecule has 0 bridgehead atoms. The first-order chi connectivity index (χ1) is 13.6. The van der Waals surface area contributed by atoms with Crippen LogP contribution in [-0.2, 0) is 17.0 Å². The van der Waals surface area contributed by atoms with Gasteiger partial charge in [0.2, 0.25) is 0 Å². The summed E-state index contributed by atoms with van der Waals surface area (Å²) in [6.45, 7) is 9.55. The van der Waals surface area contributed by atoms with E-state index >= 15 is 0 Å². The van der Waals surface area contributed by atoms with Gasteiger partial charge in [-0.2, -0.15) is 0 Å². The van der Waals surface area contributed by atoms with Crippen LogP contribution in [0.15, 0.2) is 48.5 Å². The van der Waals surface area contributed by atoms with E-state index < -0.39 is 16.6 Å². The van der Waals surface area contributed by atoms with Crippen LogP contribution in [0, 0.1) is 0 Å². The normalized spacial score (nSPS) is 23.9. The van der Waals surface area contributed by atoms with E-state index in [1.54, 1.807) is 12.1 Å². The number of aromatic hydroxyl groups is 2. The average Bonchev–Trinajstić information content (AvgIpc) is 3.17. The highest BCUT2D eigenvalue weighted by atomic mass is 28.4. The molecule has 2 N–H and O–H groups in total. The number of benzene rings is 2. The zero-order valence-electron chi connectivity index (χ0n) is 18.4. The monoisotopic (exact) mass is 428 g/mol. The average molecular weight is 429 g/mol. The molecular formula is C24H36O3Si2. The standard InChI is InChI=1S/C24H36O3Si2/c1-24(17-9-13-20-11-5-7-15-22(20)25)19-29(24,4)27-28(2,3)18-10-14-21-12-6-8-16-23(21)26/h5-8,11-12,15-16,25-26H,9-10,13-14,17-19H2,1-4H3. The first kappa shape index (κ1) is 22.1. The van der Waals surface area contributed by atoms with Gasteiger partial charge in [-0.25, -0.2) is 0 Å². The second-order valence-corrected chi connectivity index (χ2v) is 18.7. The van der Waals surface area contributed by atoms with Crippen molar-refractivity contribution >= 4 is 16.6 Å². The van der Waals surface area contributed by atoms with Crippen LogP contribution >= 0.6 is 0 Å². The summed E-state index contributed by atoms with van der Waals surface area (Å²) in [5.74, 6) is 0.830. The lowest BCUT2D eigenvalue weighted by Gasteiger charge is -2.30. The molecule has 1 aliphatic rings. The Bertz CT molecular complexity index is 838. The molecule has 2 aromatic rings. The summed E-state index contributed by atoms with van der Waals surface area (Å²) in [4.78, 5) is 0. The molecule has 29 heavy (non-hydrogen) atoms. The predicted molar refractivity (Wildman–Crippen MR) is 126 cm³/mol. The second kappa shape index (κ2) is 8.66. The van der Waals surface area contributed by atoms with Crippen LogP contribution in [0.1, 0.15) is 37.3 Å². The molecule has 3 rings (SSSR count). The minimum Gasteiger partial charge on any atom is -0.508 e. The van der Waals surface area contributed by atoms with Crippen molar-refractivity contribution in [3.05, 3.63) is 59.7 Å². The van der Waals surface area contributed by atoms with E-state index in [0.29, 0.717) is 16.5 Å². The Balaban J connectivity index is 1.46. The summed E-state index contributed by atoms with van der Waals surface area (Å²) >= 11 is 0. The predicted octanol–water partition coefficient (Wildman–Crippen LogP) is 6.62. The van der Waals surface area contributed by atoms with Gasteiger partial charge in [-0.15, -0.1) is 0 Å². The molecule has 0 aliphatic carbocycles. The van der Waals surface area contributed by atoms with Crippen LogP contribution in [0.5, 0.6) is 11.5 Å². The van der Waals surface area contributed by atoms with Gasteiger partial charge in [0.1, 0.15) is 11.5 Å². The molecule has 0 aromatic heterocycles. The lowest BCUT2D eigenvalue weighted by molar-refractivity contribution is 0.464. The third-order valence-electron chi connectivity index (χ3n) is 6.76. The van der Waals surface area contributed by atoms with Gasteiger partial charge in [0.15, 0.2) is 16.6 Å².